The number of rotatable bonds is 11. The summed E-state index contributed by atoms with van der Waals surface area (Å²) in [6, 6.07) is 25.4. The number of ether oxygens (including phenoxy) is 2. The van der Waals surface area contributed by atoms with Crippen LogP contribution in [-0.2, 0) is 28.2 Å². The third-order valence-corrected chi connectivity index (χ3v) is 9.31. The molecule has 0 radical (unpaired) electrons. The van der Waals surface area contributed by atoms with Gasteiger partial charge in [-0.3, -0.25) is 4.79 Å². The fraction of sp³-hybridized carbons (Fsp3) is 0.289. The predicted molar refractivity (Wildman–Crippen MR) is 183 cm³/mol. The summed E-state index contributed by atoms with van der Waals surface area (Å²) in [6.45, 7) is 4.22. The van der Waals surface area contributed by atoms with Gasteiger partial charge in [0.15, 0.2) is 0 Å². The summed E-state index contributed by atoms with van der Waals surface area (Å²) in [5.74, 6) is -1.94. The molecule has 1 aromatic heterocycles. The van der Waals surface area contributed by atoms with Crippen LogP contribution in [0.2, 0.25) is 0 Å². The molecule has 2 saturated heterocycles. The monoisotopic (exact) mass is 682 g/mol. The molecule has 2 aliphatic rings. The first-order valence-corrected chi connectivity index (χ1v) is 16.6. The van der Waals surface area contributed by atoms with Crippen molar-refractivity contribution in [2.45, 2.75) is 25.2 Å². The molecule has 12 heteroatoms. The van der Waals surface area contributed by atoms with Crippen LogP contribution in [0.15, 0.2) is 104 Å². The summed E-state index contributed by atoms with van der Waals surface area (Å²) in [4.78, 5) is 20.7. The van der Waals surface area contributed by atoms with Crippen LogP contribution in [-0.4, -0.2) is 60.1 Å². The Morgan fingerprint density at radius 3 is 2.40 bits per heavy atom. The molecule has 7 rings (SSSR count). The van der Waals surface area contributed by atoms with Gasteiger partial charge >= 0.3 is 0 Å². The molecular weight excluding hydrogens is 645 g/mol. The average molecular weight is 683 g/mol. The van der Waals surface area contributed by atoms with E-state index >= 15 is 4.39 Å². The van der Waals surface area contributed by atoms with Gasteiger partial charge in [0.2, 0.25) is 0 Å². The molecule has 9 nitrogen and oxygen atoms in total. The maximum Gasteiger partial charge on any atom is 0.255 e. The van der Waals surface area contributed by atoms with Gasteiger partial charge in [-0.2, -0.15) is 5.10 Å². The van der Waals surface area contributed by atoms with Crippen LogP contribution in [0.4, 0.5) is 30.2 Å². The lowest BCUT2D eigenvalue weighted by molar-refractivity contribution is -0.0212. The normalized spacial score (nSPS) is 19.1. The minimum Gasteiger partial charge on any atom is -0.376 e. The minimum atomic E-state index is -1.01. The third kappa shape index (κ3) is 7.51. The Hall–Kier alpha value is -5.20. The molecule has 258 valence electrons. The fourth-order valence-corrected chi connectivity index (χ4v) is 6.77. The number of anilines is 3. The molecule has 0 aliphatic carbocycles. The summed E-state index contributed by atoms with van der Waals surface area (Å²) in [5, 5.41) is 6.93. The smallest absolute Gasteiger partial charge is 0.255 e. The summed E-state index contributed by atoms with van der Waals surface area (Å²) in [7, 11) is 0. The zero-order valence-electron chi connectivity index (χ0n) is 27.4. The molecule has 1 amide bonds. The van der Waals surface area contributed by atoms with Gasteiger partial charge in [0.1, 0.15) is 35.7 Å². The highest BCUT2D eigenvalue weighted by atomic mass is 19.1. The first-order chi connectivity index (χ1) is 24.3. The highest BCUT2D eigenvalue weighted by molar-refractivity contribution is 6.04. The Morgan fingerprint density at radius 2 is 1.68 bits per heavy atom. The topological polar surface area (TPSA) is 84.8 Å². The van der Waals surface area contributed by atoms with Crippen LogP contribution in [0.1, 0.15) is 27.9 Å². The molecule has 2 aliphatic heterocycles. The number of nitrogens with zero attached hydrogens (tertiary/aromatic N) is 5. The minimum absolute atomic E-state index is 0.00706. The molecule has 1 N–H and O–H groups in total. The molecule has 5 aromatic rings. The van der Waals surface area contributed by atoms with Crippen molar-refractivity contribution < 1.29 is 27.4 Å². The van der Waals surface area contributed by atoms with Crippen LogP contribution in [0.5, 0.6) is 0 Å². The summed E-state index contributed by atoms with van der Waals surface area (Å²) in [6.07, 6.45) is 3.45. The number of aromatic nitrogens is 3. The Bertz CT molecular complexity index is 1900. The molecule has 0 spiro atoms. The van der Waals surface area contributed by atoms with Crippen molar-refractivity contribution in [3.8, 4) is 0 Å². The molecule has 2 fully saturated rings. The first-order valence-electron chi connectivity index (χ1n) is 16.6. The molecule has 50 heavy (non-hydrogen) atoms. The van der Waals surface area contributed by atoms with Crippen LogP contribution >= 0.6 is 0 Å². The van der Waals surface area contributed by atoms with E-state index in [9.17, 15) is 13.6 Å². The second-order valence-corrected chi connectivity index (χ2v) is 12.7. The van der Waals surface area contributed by atoms with Crippen LogP contribution < -0.4 is 15.1 Å². The van der Waals surface area contributed by atoms with Gasteiger partial charge in [-0.1, -0.05) is 36.4 Å². The number of carbonyl (C=O) groups excluding carboxylic acids is 1. The number of amides is 1. The zero-order chi connectivity index (χ0) is 34.5. The molecule has 3 heterocycles. The van der Waals surface area contributed by atoms with Crippen LogP contribution in [0.3, 0.4) is 0 Å². The van der Waals surface area contributed by atoms with E-state index in [1.54, 1.807) is 47.4 Å². The van der Waals surface area contributed by atoms with Crippen molar-refractivity contribution in [3.63, 3.8) is 0 Å². The number of benzene rings is 4. The van der Waals surface area contributed by atoms with Gasteiger partial charge in [-0.05, 0) is 60.5 Å². The summed E-state index contributed by atoms with van der Waals surface area (Å²) >= 11 is 0. The number of carbonyl (C=O) groups is 1. The van der Waals surface area contributed by atoms with Crippen molar-refractivity contribution >= 4 is 23.0 Å². The highest BCUT2D eigenvalue weighted by Crippen LogP contribution is 2.42. The van der Waals surface area contributed by atoms with E-state index in [2.05, 4.69) is 32.4 Å². The van der Waals surface area contributed by atoms with Crippen LogP contribution in [0.25, 0.3) is 0 Å². The fourth-order valence-electron chi connectivity index (χ4n) is 6.77. The Kier molecular flexibility index (Phi) is 9.81. The van der Waals surface area contributed by atoms with Gasteiger partial charge in [0.05, 0.1) is 32.1 Å². The lowest BCUT2D eigenvalue weighted by Crippen LogP contribution is -2.46. The lowest BCUT2D eigenvalue weighted by atomic mass is 9.87. The van der Waals surface area contributed by atoms with E-state index < -0.39 is 17.2 Å². The number of nitrogens with one attached hydrogen (secondary N) is 1. The van der Waals surface area contributed by atoms with Crippen molar-refractivity contribution in [2.24, 2.45) is 5.92 Å². The van der Waals surface area contributed by atoms with E-state index in [1.807, 2.05) is 23.1 Å². The lowest BCUT2D eigenvalue weighted by Gasteiger charge is -2.37. The standard InChI is InChI=1S/C38H37F3N6O3/c39-30-8-12-33(34(40)18-30)38(24-47-26-42-25-43-47)20-28(23-50-38)22-49-21-27-6-10-32(11-7-27)45-14-16-46(17-15-45)36-13-9-31(19-35(36)41)44-37(48)29-4-2-1-3-5-29/h1-13,18-19,25-26,28H,14-17,20-24H2,(H,44,48)/t28-,38+/m1/s1. The van der Waals surface area contributed by atoms with E-state index in [4.69, 9.17) is 9.47 Å². The molecule has 4 aromatic carbocycles. The third-order valence-electron chi connectivity index (χ3n) is 9.31. The molecule has 0 saturated carbocycles. The molecule has 2 atom stereocenters. The van der Waals surface area contributed by atoms with Gasteiger partial charge in [0.25, 0.3) is 5.91 Å². The molecule has 0 bridgehead atoms. The number of piperazine rings is 1. The van der Waals surface area contributed by atoms with Gasteiger partial charge < -0.3 is 24.6 Å². The van der Waals surface area contributed by atoms with Crippen molar-refractivity contribution in [2.75, 3.05) is 54.5 Å². The van der Waals surface area contributed by atoms with Gasteiger partial charge in [-0.15, -0.1) is 0 Å². The van der Waals surface area contributed by atoms with Crippen molar-refractivity contribution in [1.82, 2.24) is 14.8 Å². The molecular formula is C38H37F3N6O3. The number of halogens is 3. The molecule has 0 unspecified atom stereocenters. The largest absolute Gasteiger partial charge is 0.376 e. The van der Waals surface area contributed by atoms with E-state index in [0.717, 1.165) is 30.4 Å². The van der Waals surface area contributed by atoms with Gasteiger partial charge in [0, 0.05) is 60.7 Å². The number of hydrogen-bond acceptors (Lipinski definition) is 7. The Labute approximate surface area is 288 Å². The average Bonchev–Trinajstić information content (AvgIpc) is 3.80. The Morgan fingerprint density at radius 1 is 0.900 bits per heavy atom. The van der Waals surface area contributed by atoms with Crippen molar-refractivity contribution in [3.05, 3.63) is 138 Å². The van der Waals surface area contributed by atoms with Crippen LogP contribution in [0, 0.1) is 23.4 Å². The van der Waals surface area contributed by atoms with E-state index in [1.165, 1.54) is 24.5 Å². The maximum atomic E-state index is 15.1. The maximum absolute atomic E-state index is 15.1. The summed E-state index contributed by atoms with van der Waals surface area (Å²) < 4.78 is 57.6. The van der Waals surface area contributed by atoms with E-state index in [0.29, 0.717) is 61.8 Å². The summed E-state index contributed by atoms with van der Waals surface area (Å²) in [5.41, 5.74) is 2.82. The predicted octanol–water partition coefficient (Wildman–Crippen LogP) is 6.42. The second-order valence-electron chi connectivity index (χ2n) is 12.7. The van der Waals surface area contributed by atoms with E-state index in [-0.39, 0.29) is 24.2 Å². The van der Waals surface area contributed by atoms with Crippen molar-refractivity contribution in [1.29, 1.82) is 0 Å². The second kappa shape index (κ2) is 14.7. The SMILES string of the molecule is O=C(Nc1ccc(N2CCN(c3ccc(COC[C@@H]4CO[C@@](Cn5cncn5)(c5ccc(F)cc5F)C4)cc3)CC2)c(F)c1)c1ccccc1. The first kappa shape index (κ1) is 33.3. The highest BCUT2D eigenvalue weighted by Gasteiger charge is 2.44. The Balaban J connectivity index is 0.891. The number of hydrogen-bond donors (Lipinski definition) is 1. The van der Waals surface area contributed by atoms with Gasteiger partial charge in [-0.25, -0.2) is 22.8 Å². The zero-order valence-corrected chi connectivity index (χ0v) is 27.4. The quantitative estimate of drug-likeness (QED) is 0.172.